The van der Waals surface area contributed by atoms with Crippen molar-refractivity contribution in [3.05, 3.63) is 23.4 Å². The van der Waals surface area contributed by atoms with Gasteiger partial charge >= 0.3 is 0 Å². The number of nitrogens with one attached hydrogen (secondary N) is 1. The summed E-state index contributed by atoms with van der Waals surface area (Å²) in [5, 5.41) is 3.06. The number of pyridine rings is 1. The molecular formula is C11H15N3. The Morgan fingerprint density at radius 3 is 2.86 bits per heavy atom. The van der Waals surface area contributed by atoms with Gasteiger partial charge in [-0.15, -0.1) is 0 Å². The van der Waals surface area contributed by atoms with E-state index in [4.69, 9.17) is 0 Å². The van der Waals surface area contributed by atoms with Crippen molar-refractivity contribution in [3.63, 3.8) is 0 Å². The lowest BCUT2D eigenvalue weighted by Gasteiger charge is -2.06. The number of hydrogen-bond acceptors (Lipinski definition) is 3. The summed E-state index contributed by atoms with van der Waals surface area (Å²) in [5.41, 5.74) is 3.57. The second kappa shape index (κ2) is 3.78. The van der Waals surface area contributed by atoms with E-state index in [9.17, 15) is 0 Å². The van der Waals surface area contributed by atoms with E-state index < -0.39 is 0 Å². The summed E-state index contributed by atoms with van der Waals surface area (Å²) < 4.78 is 0. The second-order valence-corrected chi connectivity index (χ2v) is 3.57. The van der Waals surface area contributed by atoms with Crippen molar-refractivity contribution in [1.29, 1.82) is 0 Å². The highest BCUT2D eigenvalue weighted by atomic mass is 15.0. The molecule has 0 saturated carbocycles. The van der Waals surface area contributed by atoms with Gasteiger partial charge in [-0.1, -0.05) is 0 Å². The van der Waals surface area contributed by atoms with Crippen LogP contribution < -0.4 is 5.32 Å². The predicted octanol–water partition coefficient (Wildman–Crippen LogP) is 2.01. The first-order valence-corrected chi connectivity index (χ1v) is 4.99. The van der Waals surface area contributed by atoms with Crippen LogP contribution in [0.15, 0.2) is 17.3 Å². The van der Waals surface area contributed by atoms with Crippen molar-refractivity contribution >= 4 is 11.5 Å². The molecule has 0 unspecified atom stereocenters. The smallest absolute Gasteiger partial charge is 0.128 e. The quantitative estimate of drug-likeness (QED) is 0.772. The highest BCUT2D eigenvalue weighted by Crippen LogP contribution is 2.17. The third kappa shape index (κ3) is 1.62. The molecule has 2 rings (SSSR count). The maximum atomic E-state index is 4.46. The minimum absolute atomic E-state index is 0.951. The van der Waals surface area contributed by atoms with Crippen LogP contribution in [0.4, 0.5) is 5.82 Å². The van der Waals surface area contributed by atoms with Gasteiger partial charge in [-0.25, -0.2) is 4.98 Å². The first kappa shape index (κ1) is 9.19. The van der Waals surface area contributed by atoms with Crippen LogP contribution >= 0.6 is 0 Å². The van der Waals surface area contributed by atoms with E-state index in [0.29, 0.717) is 0 Å². The fourth-order valence-electron chi connectivity index (χ4n) is 1.77. The zero-order valence-electron chi connectivity index (χ0n) is 8.67. The summed E-state index contributed by atoms with van der Waals surface area (Å²) in [4.78, 5) is 8.81. The maximum Gasteiger partial charge on any atom is 0.128 e. The summed E-state index contributed by atoms with van der Waals surface area (Å²) in [6.45, 7) is 3.04. The molecule has 0 saturated heterocycles. The normalized spacial score (nSPS) is 15.4. The highest BCUT2D eigenvalue weighted by molar-refractivity contribution is 6.01. The van der Waals surface area contributed by atoms with Crippen LogP contribution in [0.5, 0.6) is 0 Å². The number of aliphatic imine (C=N–C) groups is 1. The Bertz CT molecular complexity index is 369. The van der Waals surface area contributed by atoms with Crippen molar-refractivity contribution < 1.29 is 0 Å². The Balaban J connectivity index is 2.32. The molecule has 1 aromatic heterocycles. The molecule has 0 atom stereocenters. The van der Waals surface area contributed by atoms with Gasteiger partial charge in [-0.05, 0) is 31.4 Å². The Hall–Kier alpha value is -1.38. The minimum atomic E-state index is 0.951. The number of anilines is 1. The third-order valence-corrected chi connectivity index (χ3v) is 2.52. The van der Waals surface area contributed by atoms with Gasteiger partial charge in [0.15, 0.2) is 0 Å². The van der Waals surface area contributed by atoms with E-state index in [0.717, 1.165) is 18.8 Å². The van der Waals surface area contributed by atoms with E-state index in [1.807, 2.05) is 13.2 Å². The van der Waals surface area contributed by atoms with Gasteiger partial charge in [0.2, 0.25) is 0 Å². The van der Waals surface area contributed by atoms with Gasteiger partial charge in [-0.2, -0.15) is 0 Å². The number of hydrogen-bond donors (Lipinski definition) is 1. The lowest BCUT2D eigenvalue weighted by molar-refractivity contribution is 0.951. The zero-order valence-corrected chi connectivity index (χ0v) is 8.67. The van der Waals surface area contributed by atoms with Gasteiger partial charge in [0.1, 0.15) is 5.82 Å². The van der Waals surface area contributed by atoms with Crippen LogP contribution in [0.3, 0.4) is 0 Å². The summed E-state index contributed by atoms with van der Waals surface area (Å²) in [5.74, 6) is 0.951. The van der Waals surface area contributed by atoms with Crippen LogP contribution in [0.25, 0.3) is 0 Å². The lowest BCUT2D eigenvalue weighted by atomic mass is 10.1. The molecule has 14 heavy (non-hydrogen) atoms. The van der Waals surface area contributed by atoms with E-state index in [2.05, 4.69) is 28.3 Å². The van der Waals surface area contributed by atoms with Crippen molar-refractivity contribution in [2.24, 2.45) is 4.99 Å². The average Bonchev–Trinajstić information content (AvgIpc) is 2.70. The molecule has 3 heteroatoms. The molecule has 2 heterocycles. The molecule has 1 aromatic rings. The van der Waals surface area contributed by atoms with Crippen molar-refractivity contribution in [1.82, 2.24) is 4.98 Å². The molecule has 0 radical (unpaired) electrons. The average molecular weight is 189 g/mol. The molecule has 1 aliphatic rings. The highest BCUT2D eigenvalue weighted by Gasteiger charge is 2.10. The zero-order chi connectivity index (χ0) is 9.97. The van der Waals surface area contributed by atoms with Gasteiger partial charge < -0.3 is 5.32 Å². The molecule has 0 aliphatic carbocycles. The van der Waals surface area contributed by atoms with Crippen LogP contribution in [-0.4, -0.2) is 24.3 Å². The molecule has 1 aliphatic heterocycles. The van der Waals surface area contributed by atoms with Crippen molar-refractivity contribution in [2.75, 3.05) is 18.9 Å². The molecule has 74 valence electrons. The largest absolute Gasteiger partial charge is 0.373 e. The number of nitrogens with zero attached hydrogens (tertiary/aromatic N) is 2. The van der Waals surface area contributed by atoms with Crippen LogP contribution in [0.2, 0.25) is 0 Å². The summed E-state index contributed by atoms with van der Waals surface area (Å²) in [7, 11) is 1.89. The fraction of sp³-hybridized carbons (Fsp3) is 0.455. The summed E-state index contributed by atoms with van der Waals surface area (Å²) >= 11 is 0. The molecule has 3 nitrogen and oxygen atoms in total. The van der Waals surface area contributed by atoms with Crippen LogP contribution in [0.1, 0.15) is 24.0 Å². The number of aryl methyl sites for hydroxylation is 1. The van der Waals surface area contributed by atoms with Gasteiger partial charge in [0.25, 0.3) is 0 Å². The molecule has 0 bridgehead atoms. The van der Waals surface area contributed by atoms with E-state index in [1.165, 1.54) is 23.3 Å². The van der Waals surface area contributed by atoms with Gasteiger partial charge in [0, 0.05) is 31.1 Å². The number of rotatable bonds is 2. The molecule has 1 N–H and O–H groups in total. The number of aromatic nitrogens is 1. The molecule has 0 spiro atoms. The van der Waals surface area contributed by atoms with E-state index in [-0.39, 0.29) is 0 Å². The first-order valence-electron chi connectivity index (χ1n) is 4.99. The minimum Gasteiger partial charge on any atom is -0.373 e. The summed E-state index contributed by atoms with van der Waals surface area (Å²) in [6.07, 6.45) is 4.19. The van der Waals surface area contributed by atoms with Gasteiger partial charge in [0.05, 0.1) is 0 Å². The Morgan fingerprint density at radius 2 is 2.29 bits per heavy atom. The van der Waals surface area contributed by atoms with Crippen LogP contribution in [0, 0.1) is 6.92 Å². The maximum absolute atomic E-state index is 4.46. The van der Waals surface area contributed by atoms with E-state index in [1.54, 1.807) is 0 Å². The second-order valence-electron chi connectivity index (χ2n) is 3.57. The monoisotopic (exact) mass is 189 g/mol. The Labute approximate surface area is 84.3 Å². The lowest BCUT2D eigenvalue weighted by Crippen LogP contribution is -2.01. The topological polar surface area (TPSA) is 37.3 Å². The molecule has 0 amide bonds. The van der Waals surface area contributed by atoms with E-state index >= 15 is 0 Å². The summed E-state index contributed by atoms with van der Waals surface area (Å²) in [6, 6.07) is 2.16. The van der Waals surface area contributed by atoms with Crippen LogP contribution in [-0.2, 0) is 0 Å². The standard InChI is InChI=1S/C11H15N3/c1-8-6-9(7-14-11(8)12-2)10-4-3-5-13-10/h6-7H,3-5H2,1-2H3,(H,12,14). The Morgan fingerprint density at radius 1 is 1.43 bits per heavy atom. The first-order chi connectivity index (χ1) is 6.81. The predicted molar refractivity (Wildman–Crippen MR) is 59.2 cm³/mol. The molecule has 0 fully saturated rings. The Kier molecular flexibility index (Phi) is 2.48. The molecule has 0 aromatic carbocycles. The molecular weight excluding hydrogens is 174 g/mol. The van der Waals surface area contributed by atoms with Gasteiger partial charge in [-0.3, -0.25) is 4.99 Å². The van der Waals surface area contributed by atoms with Crippen molar-refractivity contribution in [2.45, 2.75) is 19.8 Å². The SMILES string of the molecule is CNc1ncc(C2=NCCC2)cc1C. The third-order valence-electron chi connectivity index (χ3n) is 2.52. The fourth-order valence-corrected chi connectivity index (χ4v) is 1.77. The van der Waals surface area contributed by atoms with Crippen molar-refractivity contribution in [3.8, 4) is 0 Å².